The molecule has 3 nitrogen and oxygen atoms in total. The van der Waals surface area contributed by atoms with Gasteiger partial charge in [0.15, 0.2) is 0 Å². The van der Waals surface area contributed by atoms with Gasteiger partial charge in [0.05, 0.1) is 5.60 Å². The number of aliphatic hydroxyl groups is 1. The minimum atomic E-state index is -0.947. The third kappa shape index (κ3) is 5.69. The van der Waals surface area contributed by atoms with Gasteiger partial charge in [-0.1, -0.05) is 72.8 Å². The van der Waals surface area contributed by atoms with Crippen LogP contribution in [0.25, 0.3) is 0 Å². The summed E-state index contributed by atoms with van der Waals surface area (Å²) in [5, 5.41) is 11.6. The van der Waals surface area contributed by atoms with E-state index in [1.807, 2.05) is 86.9 Å². The lowest BCUT2D eigenvalue weighted by Gasteiger charge is -2.30. The normalized spacial score (nSPS) is 13.3. The fraction of sp³-hybridized carbons (Fsp3) is 0.280. The van der Waals surface area contributed by atoms with Crippen molar-refractivity contribution >= 4 is 0 Å². The predicted molar refractivity (Wildman–Crippen MR) is 114 cm³/mol. The molecule has 28 heavy (non-hydrogen) atoms. The van der Waals surface area contributed by atoms with Crippen molar-refractivity contribution in [3.8, 4) is 5.75 Å². The van der Waals surface area contributed by atoms with Gasteiger partial charge in [0.25, 0.3) is 0 Å². The minimum absolute atomic E-state index is 0.513. The molecule has 3 aromatic rings. The van der Waals surface area contributed by atoms with E-state index in [1.165, 1.54) is 0 Å². The second-order valence-corrected chi connectivity index (χ2v) is 7.55. The zero-order chi connectivity index (χ0) is 19.8. The van der Waals surface area contributed by atoms with Gasteiger partial charge in [-0.2, -0.15) is 0 Å². The average Bonchev–Trinajstić information content (AvgIpc) is 2.72. The van der Waals surface area contributed by atoms with Crippen LogP contribution in [0.2, 0.25) is 0 Å². The molecule has 0 radical (unpaired) electrons. The molecule has 0 aromatic heterocycles. The third-order valence-corrected chi connectivity index (χ3v) is 4.93. The van der Waals surface area contributed by atoms with Gasteiger partial charge >= 0.3 is 0 Å². The largest absolute Gasteiger partial charge is 0.489 e. The van der Waals surface area contributed by atoms with Gasteiger partial charge in [0, 0.05) is 13.0 Å². The van der Waals surface area contributed by atoms with Gasteiger partial charge in [-0.3, -0.25) is 0 Å². The van der Waals surface area contributed by atoms with E-state index in [4.69, 9.17) is 4.74 Å². The first-order valence-electron chi connectivity index (χ1n) is 9.73. The first-order valence-corrected chi connectivity index (χ1v) is 9.73. The highest BCUT2D eigenvalue weighted by Crippen LogP contribution is 2.32. The van der Waals surface area contributed by atoms with Gasteiger partial charge in [0.2, 0.25) is 0 Å². The minimum Gasteiger partial charge on any atom is -0.489 e. The van der Waals surface area contributed by atoms with Gasteiger partial charge in [-0.15, -0.1) is 0 Å². The number of nitrogens with zero attached hydrogens (tertiary/aromatic N) is 1. The van der Waals surface area contributed by atoms with Crippen molar-refractivity contribution < 1.29 is 9.84 Å². The Kier molecular flexibility index (Phi) is 6.85. The molecule has 3 heteroatoms. The first kappa shape index (κ1) is 20.1. The highest BCUT2D eigenvalue weighted by molar-refractivity contribution is 5.34. The van der Waals surface area contributed by atoms with Crippen molar-refractivity contribution in [1.82, 2.24) is 4.90 Å². The molecule has 3 rings (SSSR count). The molecule has 3 aromatic carbocycles. The van der Waals surface area contributed by atoms with Crippen molar-refractivity contribution in [3.63, 3.8) is 0 Å². The van der Waals surface area contributed by atoms with Crippen molar-refractivity contribution in [2.24, 2.45) is 0 Å². The second-order valence-electron chi connectivity index (χ2n) is 7.55. The maximum atomic E-state index is 11.6. The van der Waals surface area contributed by atoms with Gasteiger partial charge in [-0.05, 0) is 49.3 Å². The maximum Gasteiger partial charge on any atom is 0.120 e. The summed E-state index contributed by atoms with van der Waals surface area (Å²) in [6.45, 7) is 1.32. The van der Waals surface area contributed by atoms with E-state index in [0.29, 0.717) is 19.4 Å². The van der Waals surface area contributed by atoms with Gasteiger partial charge in [-0.25, -0.2) is 0 Å². The molecular formula is C25H29NO2. The van der Waals surface area contributed by atoms with E-state index >= 15 is 0 Å². The van der Waals surface area contributed by atoms with Crippen molar-refractivity contribution in [3.05, 3.63) is 102 Å². The van der Waals surface area contributed by atoms with Crippen LogP contribution in [0, 0.1) is 0 Å². The number of hydrogen-bond acceptors (Lipinski definition) is 3. The van der Waals surface area contributed by atoms with Crippen molar-refractivity contribution in [2.75, 3.05) is 20.6 Å². The van der Waals surface area contributed by atoms with E-state index in [2.05, 4.69) is 17.0 Å². The number of ether oxygens (including phenoxy) is 1. The molecule has 1 atom stereocenters. The Labute approximate surface area is 168 Å². The number of rotatable bonds is 9. The Morgan fingerprint density at radius 1 is 0.821 bits per heavy atom. The lowest BCUT2D eigenvalue weighted by atomic mass is 9.84. The van der Waals surface area contributed by atoms with Gasteiger partial charge in [0.1, 0.15) is 12.4 Å². The highest BCUT2D eigenvalue weighted by atomic mass is 16.5. The summed E-state index contributed by atoms with van der Waals surface area (Å²) in [6.07, 6.45) is 1.22. The lowest BCUT2D eigenvalue weighted by Crippen LogP contribution is -2.33. The predicted octanol–water partition coefficient (Wildman–Crippen LogP) is 4.65. The van der Waals surface area contributed by atoms with Crippen LogP contribution in [0.4, 0.5) is 0 Å². The number of hydrogen-bond donors (Lipinski definition) is 1. The van der Waals surface area contributed by atoms with Crippen LogP contribution in [0.5, 0.6) is 5.75 Å². The zero-order valence-electron chi connectivity index (χ0n) is 16.7. The van der Waals surface area contributed by atoms with Crippen LogP contribution in [-0.4, -0.2) is 30.6 Å². The van der Waals surface area contributed by atoms with Crippen molar-refractivity contribution in [1.29, 1.82) is 0 Å². The lowest BCUT2D eigenvalue weighted by molar-refractivity contribution is 0.0210. The van der Waals surface area contributed by atoms with Crippen LogP contribution < -0.4 is 4.74 Å². The van der Waals surface area contributed by atoms with Crippen LogP contribution in [0.3, 0.4) is 0 Å². The Balaban J connectivity index is 1.80. The molecule has 0 aliphatic rings. The Hall–Kier alpha value is -2.62. The molecule has 0 spiro atoms. The van der Waals surface area contributed by atoms with E-state index < -0.39 is 5.60 Å². The Morgan fingerprint density at radius 3 is 2.11 bits per heavy atom. The Morgan fingerprint density at radius 2 is 1.46 bits per heavy atom. The summed E-state index contributed by atoms with van der Waals surface area (Å²) in [5.41, 5.74) is 2.20. The summed E-state index contributed by atoms with van der Waals surface area (Å²) in [7, 11) is 4.06. The van der Waals surface area contributed by atoms with E-state index in [0.717, 1.165) is 29.0 Å². The fourth-order valence-corrected chi connectivity index (χ4v) is 3.29. The standard InChI is InChI=1S/C25H29NO2/c1-26(2)17-16-25(27,19-21-10-5-3-6-11-21)23-14-9-15-24(18-23)28-20-22-12-7-4-8-13-22/h3-15,18,27H,16-17,19-20H2,1-2H3. The van der Waals surface area contributed by atoms with E-state index in [9.17, 15) is 5.11 Å². The zero-order valence-corrected chi connectivity index (χ0v) is 16.7. The number of benzene rings is 3. The average molecular weight is 376 g/mol. The summed E-state index contributed by atoms with van der Waals surface area (Å²) in [6, 6.07) is 28.1. The SMILES string of the molecule is CN(C)CCC(O)(Cc1ccccc1)c1cccc(OCc2ccccc2)c1. The first-order chi connectivity index (χ1) is 13.5. The molecular weight excluding hydrogens is 346 g/mol. The second kappa shape index (κ2) is 9.54. The fourth-order valence-electron chi connectivity index (χ4n) is 3.29. The van der Waals surface area contributed by atoms with Crippen molar-refractivity contribution in [2.45, 2.75) is 25.0 Å². The smallest absolute Gasteiger partial charge is 0.120 e. The molecule has 1 N–H and O–H groups in total. The molecule has 0 saturated carbocycles. The third-order valence-electron chi connectivity index (χ3n) is 4.93. The topological polar surface area (TPSA) is 32.7 Å². The molecule has 146 valence electrons. The van der Waals surface area contributed by atoms with E-state index in [1.54, 1.807) is 0 Å². The van der Waals surface area contributed by atoms with Crippen LogP contribution in [-0.2, 0) is 18.6 Å². The molecule has 0 amide bonds. The molecule has 1 unspecified atom stereocenters. The summed E-state index contributed by atoms with van der Waals surface area (Å²) < 4.78 is 5.98. The van der Waals surface area contributed by atoms with Crippen LogP contribution in [0.15, 0.2) is 84.9 Å². The Bertz CT molecular complexity index is 849. The quantitative estimate of drug-likeness (QED) is 0.591. The van der Waals surface area contributed by atoms with E-state index in [-0.39, 0.29) is 0 Å². The van der Waals surface area contributed by atoms with Crippen LogP contribution in [0.1, 0.15) is 23.1 Å². The maximum absolute atomic E-state index is 11.6. The summed E-state index contributed by atoms with van der Waals surface area (Å²) >= 11 is 0. The van der Waals surface area contributed by atoms with Crippen LogP contribution >= 0.6 is 0 Å². The highest BCUT2D eigenvalue weighted by Gasteiger charge is 2.30. The molecule has 0 fully saturated rings. The molecule has 0 heterocycles. The molecule has 0 bridgehead atoms. The molecule has 0 aliphatic heterocycles. The summed E-state index contributed by atoms with van der Waals surface area (Å²) in [4.78, 5) is 2.10. The molecule has 0 saturated heterocycles. The summed E-state index contributed by atoms with van der Waals surface area (Å²) in [5.74, 6) is 0.776. The van der Waals surface area contributed by atoms with Gasteiger partial charge < -0.3 is 14.7 Å². The monoisotopic (exact) mass is 375 g/mol. The molecule has 0 aliphatic carbocycles.